The van der Waals surface area contributed by atoms with E-state index in [9.17, 15) is 0 Å². The van der Waals surface area contributed by atoms with Crippen LogP contribution < -0.4 is 9.64 Å². The van der Waals surface area contributed by atoms with E-state index in [0.29, 0.717) is 18.2 Å². The van der Waals surface area contributed by atoms with Crippen molar-refractivity contribution in [3.63, 3.8) is 0 Å². The second-order valence-electron chi connectivity index (χ2n) is 6.57. The van der Waals surface area contributed by atoms with Crippen molar-refractivity contribution in [1.82, 2.24) is 19.6 Å². The third-order valence-electron chi connectivity index (χ3n) is 4.76. The van der Waals surface area contributed by atoms with E-state index < -0.39 is 0 Å². The van der Waals surface area contributed by atoms with Gasteiger partial charge in [0.15, 0.2) is 11.4 Å². The summed E-state index contributed by atoms with van der Waals surface area (Å²) < 4.78 is 18.7. The number of hydrogen-bond acceptors (Lipinski definition) is 7. The number of imidazole rings is 1. The number of ether oxygens (including phenoxy) is 2. The van der Waals surface area contributed by atoms with Gasteiger partial charge in [-0.05, 0) is 25.1 Å². The summed E-state index contributed by atoms with van der Waals surface area (Å²) >= 11 is 0. The molecule has 1 atom stereocenters. The highest BCUT2D eigenvalue weighted by Gasteiger charge is 2.22. The molecule has 4 aromatic rings. The molecule has 8 heteroatoms. The van der Waals surface area contributed by atoms with Gasteiger partial charge >= 0.3 is 0 Å². The summed E-state index contributed by atoms with van der Waals surface area (Å²) in [5, 5.41) is 5.42. The van der Waals surface area contributed by atoms with Crippen LogP contribution in [0.25, 0.3) is 28.1 Å². The fourth-order valence-electron chi connectivity index (χ4n) is 3.47. The van der Waals surface area contributed by atoms with Crippen molar-refractivity contribution in [2.75, 3.05) is 31.7 Å². The smallest absolute Gasteiger partial charge is 0.231 e. The van der Waals surface area contributed by atoms with Gasteiger partial charge in [-0.1, -0.05) is 0 Å². The minimum atomic E-state index is 0.178. The van der Waals surface area contributed by atoms with Crippen LogP contribution in [0.2, 0.25) is 0 Å². The fraction of sp³-hybridized carbons (Fsp3) is 0.316. The molecule has 0 amide bonds. The summed E-state index contributed by atoms with van der Waals surface area (Å²) in [6, 6.07) is 7.53. The maximum atomic E-state index is 6.11. The third kappa shape index (κ3) is 2.69. The predicted octanol–water partition coefficient (Wildman–Crippen LogP) is 2.77. The van der Waals surface area contributed by atoms with Crippen LogP contribution in [0.5, 0.6) is 5.88 Å². The molecule has 0 radical (unpaired) electrons. The summed E-state index contributed by atoms with van der Waals surface area (Å²) in [4.78, 5) is 11.2. The molecule has 0 aliphatic carbocycles. The van der Waals surface area contributed by atoms with Crippen LogP contribution in [0.15, 0.2) is 41.1 Å². The molecule has 4 aromatic heterocycles. The number of rotatable bonds is 3. The highest BCUT2D eigenvalue weighted by molar-refractivity contribution is 5.92. The van der Waals surface area contributed by atoms with Crippen LogP contribution in [-0.2, 0) is 4.74 Å². The Morgan fingerprint density at radius 2 is 2.15 bits per heavy atom. The number of furan rings is 1. The van der Waals surface area contributed by atoms with Crippen LogP contribution in [-0.4, -0.2) is 52.5 Å². The Hall–Kier alpha value is -3.13. The largest absolute Gasteiger partial charge is 0.480 e. The molecule has 8 nitrogen and oxygen atoms in total. The van der Waals surface area contributed by atoms with Gasteiger partial charge in [-0.15, -0.1) is 5.10 Å². The number of pyridine rings is 1. The molecular weight excluding hydrogens is 346 g/mol. The molecule has 0 spiro atoms. The van der Waals surface area contributed by atoms with Gasteiger partial charge in [0.25, 0.3) is 0 Å². The second kappa shape index (κ2) is 6.24. The van der Waals surface area contributed by atoms with Crippen molar-refractivity contribution in [2.24, 2.45) is 0 Å². The Balaban J connectivity index is 1.62. The molecule has 0 bridgehead atoms. The lowest BCUT2D eigenvalue weighted by Crippen LogP contribution is -2.41. The van der Waals surface area contributed by atoms with E-state index in [1.807, 2.05) is 18.2 Å². The lowest BCUT2D eigenvalue weighted by molar-refractivity contribution is 0.0530. The number of fused-ring (bicyclic) bond motifs is 2. The Bertz CT molecular complexity index is 1120. The second-order valence-corrected chi connectivity index (χ2v) is 6.57. The van der Waals surface area contributed by atoms with Crippen LogP contribution >= 0.6 is 0 Å². The summed E-state index contributed by atoms with van der Waals surface area (Å²) in [7, 11) is 1.59. The molecular formula is C19H19N5O3. The van der Waals surface area contributed by atoms with Crippen molar-refractivity contribution < 1.29 is 13.9 Å². The third-order valence-corrected chi connectivity index (χ3v) is 4.76. The van der Waals surface area contributed by atoms with Crippen molar-refractivity contribution >= 4 is 22.4 Å². The zero-order valence-corrected chi connectivity index (χ0v) is 15.1. The number of morpholine rings is 1. The van der Waals surface area contributed by atoms with E-state index in [-0.39, 0.29) is 6.10 Å². The zero-order chi connectivity index (χ0) is 18.4. The maximum absolute atomic E-state index is 6.11. The van der Waals surface area contributed by atoms with E-state index in [1.165, 1.54) is 0 Å². The topological polar surface area (TPSA) is 77.9 Å². The van der Waals surface area contributed by atoms with Gasteiger partial charge in [-0.2, -0.15) is 0 Å². The molecule has 1 aliphatic rings. The van der Waals surface area contributed by atoms with Gasteiger partial charge in [0.05, 0.1) is 31.4 Å². The fourth-order valence-corrected chi connectivity index (χ4v) is 3.47. The zero-order valence-electron chi connectivity index (χ0n) is 15.1. The first-order valence-corrected chi connectivity index (χ1v) is 8.87. The van der Waals surface area contributed by atoms with Crippen molar-refractivity contribution in [1.29, 1.82) is 0 Å². The van der Waals surface area contributed by atoms with E-state index in [2.05, 4.69) is 26.9 Å². The first-order valence-electron chi connectivity index (χ1n) is 8.87. The number of aromatic nitrogens is 4. The van der Waals surface area contributed by atoms with Gasteiger partial charge in [0.1, 0.15) is 17.1 Å². The minimum absolute atomic E-state index is 0.178. The first-order chi connectivity index (χ1) is 13.2. The molecule has 0 saturated carbocycles. The number of nitrogens with zero attached hydrogens (tertiary/aromatic N) is 5. The molecule has 1 saturated heterocycles. The van der Waals surface area contributed by atoms with Gasteiger partial charge < -0.3 is 18.8 Å². The van der Waals surface area contributed by atoms with Crippen molar-refractivity contribution in [3.8, 4) is 17.3 Å². The summed E-state index contributed by atoms with van der Waals surface area (Å²) in [6.45, 7) is 4.39. The van der Waals surface area contributed by atoms with E-state index in [1.54, 1.807) is 30.1 Å². The van der Waals surface area contributed by atoms with Crippen molar-refractivity contribution in [3.05, 3.63) is 36.7 Å². The standard InChI is InChI=1S/C19H19N5O3/c1-12-11-23(7-8-26-12)19-13-9-16(27-15(13)5-6-20-19)14-10-21-17-3-4-18(25-2)22-24(14)17/h3-6,9-10,12H,7-8,11H2,1-2H3/t12-/m1/s1. The highest BCUT2D eigenvalue weighted by Crippen LogP contribution is 2.33. The van der Waals surface area contributed by atoms with Crippen LogP contribution in [0.3, 0.4) is 0 Å². The van der Waals surface area contributed by atoms with E-state index in [4.69, 9.17) is 13.9 Å². The maximum Gasteiger partial charge on any atom is 0.231 e. The van der Waals surface area contributed by atoms with Crippen LogP contribution in [0.4, 0.5) is 5.82 Å². The number of methoxy groups -OCH3 is 1. The van der Waals surface area contributed by atoms with Gasteiger partial charge in [-0.3, -0.25) is 0 Å². The van der Waals surface area contributed by atoms with Crippen LogP contribution in [0.1, 0.15) is 6.92 Å². The van der Waals surface area contributed by atoms with Gasteiger partial charge in [0.2, 0.25) is 5.88 Å². The first kappa shape index (κ1) is 16.1. The predicted molar refractivity (Wildman–Crippen MR) is 100 cm³/mol. The minimum Gasteiger partial charge on any atom is -0.480 e. The average molecular weight is 365 g/mol. The summed E-state index contributed by atoms with van der Waals surface area (Å²) in [5.41, 5.74) is 2.28. The Morgan fingerprint density at radius 3 is 3.00 bits per heavy atom. The summed E-state index contributed by atoms with van der Waals surface area (Å²) in [5.74, 6) is 2.12. The molecule has 1 aliphatic heterocycles. The van der Waals surface area contributed by atoms with Crippen molar-refractivity contribution in [2.45, 2.75) is 13.0 Å². The molecule has 27 heavy (non-hydrogen) atoms. The number of anilines is 1. The van der Waals surface area contributed by atoms with Crippen LogP contribution in [0, 0.1) is 0 Å². The van der Waals surface area contributed by atoms with E-state index >= 15 is 0 Å². The Morgan fingerprint density at radius 1 is 1.22 bits per heavy atom. The lowest BCUT2D eigenvalue weighted by Gasteiger charge is -2.32. The SMILES string of the molecule is COc1ccc2ncc(-c3cc4c(N5CCO[C@H](C)C5)nccc4o3)n2n1. The molecule has 0 aromatic carbocycles. The van der Waals surface area contributed by atoms with Gasteiger partial charge in [-0.25, -0.2) is 14.5 Å². The molecule has 138 valence electrons. The average Bonchev–Trinajstić information content (AvgIpc) is 3.30. The monoisotopic (exact) mass is 365 g/mol. The summed E-state index contributed by atoms with van der Waals surface area (Å²) in [6.07, 6.45) is 3.71. The quantitative estimate of drug-likeness (QED) is 0.552. The Kier molecular flexibility index (Phi) is 3.71. The Labute approximate surface area is 155 Å². The molecule has 5 heterocycles. The molecule has 1 fully saturated rings. The normalized spacial score (nSPS) is 17.7. The van der Waals surface area contributed by atoms with E-state index in [0.717, 1.165) is 41.2 Å². The lowest BCUT2D eigenvalue weighted by atomic mass is 10.2. The molecule has 0 unspecified atom stereocenters. The number of hydrogen-bond donors (Lipinski definition) is 0. The molecule has 0 N–H and O–H groups in total. The molecule has 5 rings (SSSR count). The highest BCUT2D eigenvalue weighted by atomic mass is 16.5. The van der Waals surface area contributed by atoms with Gasteiger partial charge in [0, 0.05) is 25.4 Å².